The van der Waals surface area contributed by atoms with Crippen LogP contribution in [0.5, 0.6) is 0 Å². The summed E-state index contributed by atoms with van der Waals surface area (Å²) >= 11 is 0. The average molecular weight is 260 g/mol. The third-order valence-electron chi connectivity index (χ3n) is 3.85. The standard InChI is InChI=1S/C15H20N2O2/c18-15(9-14-10-19-6-5-16-14)17-13-7-11-3-1-2-4-12(11)8-13/h1-4,13-14,16H,5-10H2,(H,17,18). The summed E-state index contributed by atoms with van der Waals surface area (Å²) in [4.78, 5) is 12.0. The van der Waals surface area contributed by atoms with Crippen molar-refractivity contribution >= 4 is 5.91 Å². The SMILES string of the molecule is O=C(CC1COCCN1)NC1Cc2ccccc2C1. The van der Waals surface area contributed by atoms with Gasteiger partial charge in [0.1, 0.15) is 0 Å². The molecule has 1 aromatic rings. The Morgan fingerprint density at radius 3 is 2.68 bits per heavy atom. The first-order valence-electron chi connectivity index (χ1n) is 6.98. The Morgan fingerprint density at radius 1 is 1.32 bits per heavy atom. The second-order valence-electron chi connectivity index (χ2n) is 5.37. The van der Waals surface area contributed by atoms with E-state index in [4.69, 9.17) is 4.74 Å². The van der Waals surface area contributed by atoms with Crippen LogP contribution in [0.15, 0.2) is 24.3 Å². The van der Waals surface area contributed by atoms with Gasteiger partial charge in [-0.1, -0.05) is 24.3 Å². The molecule has 2 aliphatic rings. The Labute approximate surface area is 113 Å². The zero-order valence-electron chi connectivity index (χ0n) is 11.0. The molecular weight excluding hydrogens is 240 g/mol. The highest BCUT2D eigenvalue weighted by atomic mass is 16.5. The van der Waals surface area contributed by atoms with Crippen molar-refractivity contribution in [1.82, 2.24) is 10.6 Å². The van der Waals surface area contributed by atoms with Crippen LogP contribution in [0.3, 0.4) is 0 Å². The van der Waals surface area contributed by atoms with E-state index in [1.165, 1.54) is 11.1 Å². The van der Waals surface area contributed by atoms with Crippen molar-refractivity contribution < 1.29 is 9.53 Å². The van der Waals surface area contributed by atoms with Crippen molar-refractivity contribution in [2.24, 2.45) is 0 Å². The Bertz CT molecular complexity index is 430. The van der Waals surface area contributed by atoms with E-state index >= 15 is 0 Å². The number of ether oxygens (including phenoxy) is 1. The fourth-order valence-corrected chi connectivity index (χ4v) is 2.92. The summed E-state index contributed by atoms with van der Waals surface area (Å²) < 4.78 is 5.36. The van der Waals surface area contributed by atoms with Crippen molar-refractivity contribution in [1.29, 1.82) is 0 Å². The van der Waals surface area contributed by atoms with Crippen LogP contribution in [0.2, 0.25) is 0 Å². The number of rotatable bonds is 3. The van der Waals surface area contributed by atoms with Gasteiger partial charge in [0.2, 0.25) is 5.91 Å². The third kappa shape index (κ3) is 3.14. The maximum atomic E-state index is 12.0. The van der Waals surface area contributed by atoms with Crippen LogP contribution in [0.4, 0.5) is 0 Å². The molecule has 1 atom stereocenters. The summed E-state index contributed by atoms with van der Waals surface area (Å²) in [6.07, 6.45) is 2.42. The van der Waals surface area contributed by atoms with Crippen LogP contribution in [0.1, 0.15) is 17.5 Å². The Balaban J connectivity index is 1.49. The Hall–Kier alpha value is -1.39. The molecule has 1 aliphatic heterocycles. The maximum Gasteiger partial charge on any atom is 0.221 e. The van der Waals surface area contributed by atoms with Gasteiger partial charge in [-0.3, -0.25) is 4.79 Å². The summed E-state index contributed by atoms with van der Waals surface area (Å²) in [5, 5.41) is 6.44. The van der Waals surface area contributed by atoms with Gasteiger partial charge in [0, 0.05) is 25.0 Å². The molecule has 102 valence electrons. The van der Waals surface area contributed by atoms with E-state index in [-0.39, 0.29) is 18.0 Å². The van der Waals surface area contributed by atoms with E-state index in [1.807, 2.05) is 0 Å². The lowest BCUT2D eigenvalue weighted by molar-refractivity contribution is -0.122. The molecule has 0 saturated carbocycles. The Morgan fingerprint density at radius 2 is 2.05 bits per heavy atom. The predicted octanol–water partition coefficient (Wildman–Crippen LogP) is 0.649. The van der Waals surface area contributed by atoms with Gasteiger partial charge in [-0.05, 0) is 24.0 Å². The highest BCUT2D eigenvalue weighted by Crippen LogP contribution is 2.21. The van der Waals surface area contributed by atoms with Crippen LogP contribution in [0, 0.1) is 0 Å². The van der Waals surface area contributed by atoms with Gasteiger partial charge >= 0.3 is 0 Å². The van der Waals surface area contributed by atoms with Gasteiger partial charge in [-0.2, -0.15) is 0 Å². The first-order valence-corrected chi connectivity index (χ1v) is 6.98. The monoisotopic (exact) mass is 260 g/mol. The molecule has 1 aromatic carbocycles. The van der Waals surface area contributed by atoms with Gasteiger partial charge in [0.15, 0.2) is 0 Å². The number of amides is 1. The minimum absolute atomic E-state index is 0.126. The van der Waals surface area contributed by atoms with Gasteiger partial charge in [-0.25, -0.2) is 0 Å². The van der Waals surface area contributed by atoms with Crippen LogP contribution in [0.25, 0.3) is 0 Å². The molecule has 0 radical (unpaired) electrons. The highest BCUT2D eigenvalue weighted by molar-refractivity contribution is 5.77. The predicted molar refractivity (Wildman–Crippen MR) is 73.0 cm³/mol. The van der Waals surface area contributed by atoms with Crippen LogP contribution < -0.4 is 10.6 Å². The zero-order chi connectivity index (χ0) is 13.1. The molecule has 1 fully saturated rings. The van der Waals surface area contributed by atoms with Crippen LogP contribution in [-0.4, -0.2) is 37.7 Å². The van der Waals surface area contributed by atoms with E-state index in [1.54, 1.807) is 0 Å². The van der Waals surface area contributed by atoms with E-state index in [2.05, 4.69) is 34.9 Å². The molecule has 0 spiro atoms. The number of hydrogen-bond donors (Lipinski definition) is 2. The fourth-order valence-electron chi connectivity index (χ4n) is 2.92. The number of carbonyl (C=O) groups is 1. The van der Waals surface area contributed by atoms with E-state index in [9.17, 15) is 4.79 Å². The maximum absolute atomic E-state index is 12.0. The molecule has 1 amide bonds. The Kier molecular flexibility index (Phi) is 3.80. The molecule has 1 unspecified atom stereocenters. The molecule has 4 nitrogen and oxygen atoms in total. The van der Waals surface area contributed by atoms with Crippen molar-refractivity contribution in [3.8, 4) is 0 Å². The first-order chi connectivity index (χ1) is 9.31. The number of fused-ring (bicyclic) bond motifs is 1. The summed E-state index contributed by atoms with van der Waals surface area (Å²) in [5.74, 6) is 0.126. The molecule has 19 heavy (non-hydrogen) atoms. The molecule has 0 aromatic heterocycles. The lowest BCUT2D eigenvalue weighted by Crippen LogP contribution is -2.45. The largest absolute Gasteiger partial charge is 0.378 e. The van der Waals surface area contributed by atoms with Gasteiger partial charge in [-0.15, -0.1) is 0 Å². The first kappa shape index (κ1) is 12.6. The second-order valence-corrected chi connectivity index (χ2v) is 5.37. The van der Waals surface area contributed by atoms with E-state index < -0.39 is 0 Å². The number of carbonyl (C=O) groups excluding carboxylic acids is 1. The molecule has 0 bridgehead atoms. The molecule has 2 N–H and O–H groups in total. The van der Waals surface area contributed by atoms with Gasteiger partial charge in [0.25, 0.3) is 0 Å². The van der Waals surface area contributed by atoms with Crippen LogP contribution >= 0.6 is 0 Å². The second kappa shape index (κ2) is 5.72. The molecular formula is C15H20N2O2. The van der Waals surface area contributed by atoms with Gasteiger partial charge < -0.3 is 15.4 Å². The van der Waals surface area contributed by atoms with Crippen molar-refractivity contribution in [3.63, 3.8) is 0 Å². The third-order valence-corrected chi connectivity index (χ3v) is 3.85. The molecule has 1 aliphatic carbocycles. The molecule has 3 rings (SSSR count). The van der Waals surface area contributed by atoms with E-state index in [0.29, 0.717) is 13.0 Å². The zero-order valence-corrected chi connectivity index (χ0v) is 11.0. The number of benzene rings is 1. The highest BCUT2D eigenvalue weighted by Gasteiger charge is 2.24. The van der Waals surface area contributed by atoms with Crippen molar-refractivity contribution in [2.45, 2.75) is 31.3 Å². The van der Waals surface area contributed by atoms with Crippen LogP contribution in [-0.2, 0) is 22.4 Å². The average Bonchev–Trinajstić information content (AvgIpc) is 2.81. The molecule has 1 heterocycles. The fraction of sp³-hybridized carbons (Fsp3) is 0.533. The lowest BCUT2D eigenvalue weighted by atomic mass is 10.1. The van der Waals surface area contributed by atoms with Gasteiger partial charge in [0.05, 0.1) is 13.2 Å². The topological polar surface area (TPSA) is 50.4 Å². The van der Waals surface area contributed by atoms with E-state index in [0.717, 1.165) is 26.0 Å². The quantitative estimate of drug-likeness (QED) is 0.839. The lowest BCUT2D eigenvalue weighted by Gasteiger charge is -2.24. The normalized spacial score (nSPS) is 23.1. The minimum atomic E-state index is 0.126. The summed E-state index contributed by atoms with van der Waals surface area (Å²) in [6, 6.07) is 8.85. The smallest absolute Gasteiger partial charge is 0.221 e. The van der Waals surface area contributed by atoms with Crippen molar-refractivity contribution in [2.75, 3.05) is 19.8 Å². The number of morpholine rings is 1. The summed E-state index contributed by atoms with van der Waals surface area (Å²) in [5.41, 5.74) is 2.74. The molecule has 1 saturated heterocycles. The number of hydrogen-bond acceptors (Lipinski definition) is 3. The summed E-state index contributed by atoms with van der Waals surface area (Å²) in [7, 11) is 0. The van der Waals surface area contributed by atoms with Crippen molar-refractivity contribution in [3.05, 3.63) is 35.4 Å². The molecule has 4 heteroatoms. The minimum Gasteiger partial charge on any atom is -0.378 e. The number of nitrogens with one attached hydrogen (secondary N) is 2. The summed E-state index contributed by atoms with van der Waals surface area (Å²) in [6.45, 7) is 2.22.